The Hall–Kier alpha value is -1.88. The van der Waals surface area contributed by atoms with Gasteiger partial charge in [0.25, 0.3) is 0 Å². The van der Waals surface area contributed by atoms with E-state index in [-0.39, 0.29) is 11.9 Å². The minimum atomic E-state index is -1.06. The Balaban J connectivity index is 1.79. The molecule has 0 aliphatic carbocycles. The third kappa shape index (κ3) is 2.31. The Morgan fingerprint density at radius 3 is 2.76 bits per heavy atom. The Bertz CT molecular complexity index is 587. The van der Waals surface area contributed by atoms with E-state index in [0.29, 0.717) is 25.9 Å². The fraction of sp³-hybridized carbons (Fsp3) is 0.500. The molecule has 2 aliphatic rings. The molecule has 0 bridgehead atoms. The van der Waals surface area contributed by atoms with Crippen LogP contribution in [-0.2, 0) is 22.6 Å². The highest BCUT2D eigenvalue weighted by atomic mass is 16.4. The van der Waals surface area contributed by atoms with Crippen molar-refractivity contribution in [3.8, 4) is 0 Å². The van der Waals surface area contributed by atoms with Crippen molar-refractivity contribution >= 4 is 11.9 Å². The van der Waals surface area contributed by atoms with Gasteiger partial charge in [0, 0.05) is 13.1 Å². The Kier molecular flexibility index (Phi) is 3.45. The number of carbonyl (C=O) groups is 2. The van der Waals surface area contributed by atoms with Crippen molar-refractivity contribution in [1.82, 2.24) is 10.2 Å². The minimum Gasteiger partial charge on any atom is -0.480 e. The summed E-state index contributed by atoms with van der Waals surface area (Å²) in [6.07, 6.45) is 1.90. The Morgan fingerprint density at radius 2 is 2.05 bits per heavy atom. The molecular weight excluding hydrogens is 268 g/mol. The highest BCUT2D eigenvalue weighted by Crippen LogP contribution is 2.30. The molecule has 3 rings (SSSR count). The number of carboxylic acids is 1. The monoisotopic (exact) mass is 288 g/mol. The first-order valence-corrected chi connectivity index (χ1v) is 7.37. The molecule has 5 heteroatoms. The maximum Gasteiger partial charge on any atom is 0.329 e. The number of nitrogens with one attached hydrogen (secondary N) is 1. The van der Waals surface area contributed by atoms with Gasteiger partial charge in [-0.3, -0.25) is 4.79 Å². The van der Waals surface area contributed by atoms with Crippen LogP contribution in [0.1, 0.15) is 30.9 Å². The summed E-state index contributed by atoms with van der Waals surface area (Å²) in [7, 11) is 0. The Morgan fingerprint density at radius 1 is 1.33 bits per heavy atom. The van der Waals surface area contributed by atoms with Gasteiger partial charge < -0.3 is 15.3 Å². The van der Waals surface area contributed by atoms with Gasteiger partial charge in [0.15, 0.2) is 0 Å². The van der Waals surface area contributed by atoms with E-state index in [1.807, 2.05) is 18.2 Å². The summed E-state index contributed by atoms with van der Waals surface area (Å²) in [5, 5.41) is 12.7. The molecule has 0 spiro atoms. The lowest BCUT2D eigenvalue weighted by Crippen LogP contribution is -2.57. The fourth-order valence-corrected chi connectivity index (χ4v) is 3.36. The number of nitrogens with zero attached hydrogens (tertiary/aromatic N) is 1. The summed E-state index contributed by atoms with van der Waals surface area (Å²) in [5.74, 6) is -1.00. The summed E-state index contributed by atoms with van der Waals surface area (Å²) in [6.45, 7) is 2.84. The molecule has 2 aliphatic heterocycles. The van der Waals surface area contributed by atoms with E-state index in [0.717, 1.165) is 6.42 Å². The predicted octanol–water partition coefficient (Wildman–Crippen LogP) is 1.17. The number of likely N-dealkylation sites (tertiary alicyclic amines) is 1. The quantitative estimate of drug-likeness (QED) is 0.857. The summed E-state index contributed by atoms with van der Waals surface area (Å²) in [6, 6.07) is 7.74. The molecule has 1 unspecified atom stereocenters. The molecule has 0 aromatic heterocycles. The average Bonchev–Trinajstić information content (AvgIpc) is 2.89. The molecule has 0 radical (unpaired) electrons. The van der Waals surface area contributed by atoms with Crippen molar-refractivity contribution in [3.63, 3.8) is 0 Å². The van der Waals surface area contributed by atoms with Crippen LogP contribution in [0.25, 0.3) is 0 Å². The summed E-state index contributed by atoms with van der Waals surface area (Å²) in [5.41, 5.74) is 1.32. The molecule has 2 heterocycles. The van der Waals surface area contributed by atoms with Crippen molar-refractivity contribution in [2.45, 2.75) is 44.3 Å². The maximum absolute atomic E-state index is 12.7. The molecule has 5 nitrogen and oxygen atoms in total. The highest BCUT2D eigenvalue weighted by Gasteiger charge is 2.47. The van der Waals surface area contributed by atoms with Crippen LogP contribution in [0.5, 0.6) is 0 Å². The lowest BCUT2D eigenvalue weighted by molar-refractivity contribution is -0.156. The molecule has 21 heavy (non-hydrogen) atoms. The van der Waals surface area contributed by atoms with Gasteiger partial charge in [-0.2, -0.15) is 0 Å². The third-order valence-corrected chi connectivity index (χ3v) is 4.75. The SMILES string of the molecule is CC1(C(=O)O)CCCN1C(=O)[C@@H]1Cc2ccccc2CN1. The second-order valence-electron chi connectivity index (χ2n) is 6.08. The largest absolute Gasteiger partial charge is 0.480 e. The molecule has 1 fully saturated rings. The number of carboxylic acid groups (broad SMARTS) is 1. The number of hydrogen-bond acceptors (Lipinski definition) is 3. The number of hydrogen-bond donors (Lipinski definition) is 2. The smallest absolute Gasteiger partial charge is 0.329 e. The zero-order chi connectivity index (χ0) is 15.0. The summed E-state index contributed by atoms with van der Waals surface area (Å²) in [4.78, 5) is 25.8. The summed E-state index contributed by atoms with van der Waals surface area (Å²) >= 11 is 0. The predicted molar refractivity (Wildman–Crippen MR) is 77.8 cm³/mol. The Labute approximate surface area is 123 Å². The fourth-order valence-electron chi connectivity index (χ4n) is 3.36. The van der Waals surface area contributed by atoms with Gasteiger partial charge in [-0.15, -0.1) is 0 Å². The first kappa shape index (κ1) is 14.1. The number of aliphatic carboxylic acids is 1. The zero-order valence-electron chi connectivity index (χ0n) is 12.1. The first-order chi connectivity index (χ1) is 10.0. The number of amides is 1. The van der Waals surface area contributed by atoms with Crippen LogP contribution < -0.4 is 5.32 Å². The van der Waals surface area contributed by atoms with Crippen LogP contribution in [-0.4, -0.2) is 40.0 Å². The van der Waals surface area contributed by atoms with E-state index in [9.17, 15) is 14.7 Å². The van der Waals surface area contributed by atoms with Crippen molar-refractivity contribution in [3.05, 3.63) is 35.4 Å². The second-order valence-corrected chi connectivity index (χ2v) is 6.08. The topological polar surface area (TPSA) is 69.6 Å². The molecule has 2 atom stereocenters. The van der Waals surface area contributed by atoms with Gasteiger partial charge in [-0.05, 0) is 37.3 Å². The van der Waals surface area contributed by atoms with Crippen molar-refractivity contribution in [2.24, 2.45) is 0 Å². The molecule has 1 aromatic carbocycles. The van der Waals surface area contributed by atoms with E-state index in [4.69, 9.17) is 0 Å². The highest BCUT2D eigenvalue weighted by molar-refractivity contribution is 5.90. The van der Waals surface area contributed by atoms with Crippen LogP contribution in [0.4, 0.5) is 0 Å². The van der Waals surface area contributed by atoms with Gasteiger partial charge in [-0.25, -0.2) is 4.79 Å². The van der Waals surface area contributed by atoms with Gasteiger partial charge in [0.1, 0.15) is 5.54 Å². The molecule has 0 saturated carbocycles. The minimum absolute atomic E-state index is 0.0908. The van der Waals surface area contributed by atoms with Crippen LogP contribution in [0.2, 0.25) is 0 Å². The third-order valence-electron chi connectivity index (χ3n) is 4.75. The number of benzene rings is 1. The molecule has 1 saturated heterocycles. The molecular formula is C16H20N2O3. The molecule has 112 valence electrons. The van der Waals surface area contributed by atoms with E-state index >= 15 is 0 Å². The van der Waals surface area contributed by atoms with Crippen LogP contribution >= 0.6 is 0 Å². The van der Waals surface area contributed by atoms with Crippen LogP contribution in [0, 0.1) is 0 Å². The summed E-state index contributed by atoms with van der Waals surface area (Å²) < 4.78 is 0. The van der Waals surface area contributed by atoms with Crippen molar-refractivity contribution in [1.29, 1.82) is 0 Å². The first-order valence-electron chi connectivity index (χ1n) is 7.37. The van der Waals surface area contributed by atoms with E-state index in [2.05, 4.69) is 11.4 Å². The van der Waals surface area contributed by atoms with Crippen LogP contribution in [0.3, 0.4) is 0 Å². The average molecular weight is 288 g/mol. The van der Waals surface area contributed by atoms with E-state index < -0.39 is 11.5 Å². The van der Waals surface area contributed by atoms with Gasteiger partial charge >= 0.3 is 5.97 Å². The number of fused-ring (bicyclic) bond motifs is 1. The normalized spacial score (nSPS) is 28.2. The lowest BCUT2D eigenvalue weighted by Gasteiger charge is -2.35. The molecule has 2 N–H and O–H groups in total. The molecule has 1 aromatic rings. The number of rotatable bonds is 2. The lowest BCUT2D eigenvalue weighted by atomic mass is 9.93. The maximum atomic E-state index is 12.7. The standard InChI is InChI=1S/C16H20N2O3/c1-16(15(20)21)7-4-8-18(16)14(19)13-9-11-5-2-3-6-12(11)10-17-13/h2-3,5-6,13,17H,4,7-10H2,1H3,(H,20,21)/t13-,16?/m0/s1. The van der Waals surface area contributed by atoms with Crippen molar-refractivity contribution in [2.75, 3.05) is 6.54 Å². The van der Waals surface area contributed by atoms with E-state index in [1.54, 1.807) is 11.8 Å². The molecule has 1 amide bonds. The van der Waals surface area contributed by atoms with Crippen LogP contribution in [0.15, 0.2) is 24.3 Å². The van der Waals surface area contributed by atoms with Gasteiger partial charge in [0.2, 0.25) is 5.91 Å². The zero-order valence-corrected chi connectivity index (χ0v) is 12.1. The number of carbonyl (C=O) groups excluding carboxylic acids is 1. The van der Waals surface area contributed by atoms with E-state index in [1.165, 1.54) is 11.1 Å². The van der Waals surface area contributed by atoms with Crippen molar-refractivity contribution < 1.29 is 14.7 Å². The second kappa shape index (κ2) is 5.15. The van der Waals surface area contributed by atoms with Gasteiger partial charge in [-0.1, -0.05) is 24.3 Å². The van der Waals surface area contributed by atoms with Gasteiger partial charge in [0.05, 0.1) is 6.04 Å².